The van der Waals surface area contributed by atoms with Gasteiger partial charge in [-0.3, -0.25) is 4.79 Å². The van der Waals surface area contributed by atoms with Crippen LogP contribution in [0.4, 0.5) is 11.8 Å². The molecule has 0 aromatic carbocycles. The number of aromatic nitrogens is 3. The van der Waals surface area contributed by atoms with Gasteiger partial charge in [0.2, 0.25) is 11.9 Å². The van der Waals surface area contributed by atoms with E-state index in [0.29, 0.717) is 36.7 Å². The molecular formula is C22H26N6O2. The van der Waals surface area contributed by atoms with Crippen LogP contribution in [0.5, 0.6) is 0 Å². The SMILES string of the molecule is Nc1ccc(/C=C/C(=O)NCCC2[C@H]3CN(c4ncc5c(n4)CCOC5)C[C@@H]23)cn1. The predicted molar refractivity (Wildman–Crippen MR) is 113 cm³/mol. The first-order valence-corrected chi connectivity index (χ1v) is 10.5. The number of amides is 1. The van der Waals surface area contributed by atoms with Gasteiger partial charge in [0.15, 0.2) is 0 Å². The number of nitrogens with one attached hydrogen (secondary N) is 1. The molecule has 3 N–H and O–H groups in total. The van der Waals surface area contributed by atoms with Gasteiger partial charge in [0.25, 0.3) is 0 Å². The average Bonchev–Trinajstić information content (AvgIpc) is 3.21. The number of fused-ring (bicyclic) bond motifs is 2. The number of nitrogen functional groups attached to an aromatic ring is 1. The van der Waals surface area contributed by atoms with Crippen LogP contribution >= 0.6 is 0 Å². The highest BCUT2D eigenvalue weighted by atomic mass is 16.5. The molecule has 1 aliphatic carbocycles. The van der Waals surface area contributed by atoms with E-state index in [9.17, 15) is 4.79 Å². The lowest BCUT2D eigenvalue weighted by molar-refractivity contribution is -0.116. The van der Waals surface area contributed by atoms with Gasteiger partial charge in [-0.25, -0.2) is 15.0 Å². The number of carbonyl (C=O) groups is 1. The van der Waals surface area contributed by atoms with Crippen molar-refractivity contribution in [2.24, 2.45) is 17.8 Å². The highest BCUT2D eigenvalue weighted by molar-refractivity contribution is 5.91. The number of nitrogens with zero attached hydrogens (tertiary/aromatic N) is 4. The Balaban J connectivity index is 1.05. The van der Waals surface area contributed by atoms with Crippen LogP contribution < -0.4 is 16.0 Å². The number of hydrogen-bond donors (Lipinski definition) is 2. The summed E-state index contributed by atoms with van der Waals surface area (Å²) < 4.78 is 5.46. The largest absolute Gasteiger partial charge is 0.384 e. The van der Waals surface area contributed by atoms with Gasteiger partial charge in [0.05, 0.1) is 18.9 Å². The van der Waals surface area contributed by atoms with E-state index in [1.54, 1.807) is 24.4 Å². The number of pyridine rings is 1. The van der Waals surface area contributed by atoms with Crippen LogP contribution in [0.3, 0.4) is 0 Å². The Morgan fingerprint density at radius 1 is 1.27 bits per heavy atom. The molecule has 4 heterocycles. The van der Waals surface area contributed by atoms with Crippen molar-refractivity contribution < 1.29 is 9.53 Å². The van der Waals surface area contributed by atoms with Crippen molar-refractivity contribution in [3.63, 3.8) is 0 Å². The molecule has 0 spiro atoms. The number of hydrogen-bond acceptors (Lipinski definition) is 7. The van der Waals surface area contributed by atoms with E-state index in [2.05, 4.69) is 20.2 Å². The molecule has 1 unspecified atom stereocenters. The summed E-state index contributed by atoms with van der Waals surface area (Å²) >= 11 is 0. The molecule has 8 heteroatoms. The van der Waals surface area contributed by atoms with E-state index in [-0.39, 0.29) is 5.91 Å². The first-order valence-electron chi connectivity index (χ1n) is 10.5. The molecule has 2 aliphatic heterocycles. The summed E-state index contributed by atoms with van der Waals surface area (Å²) in [7, 11) is 0. The number of anilines is 2. The first-order chi connectivity index (χ1) is 14.7. The average molecular weight is 406 g/mol. The van der Waals surface area contributed by atoms with Crippen molar-refractivity contribution in [3.05, 3.63) is 47.4 Å². The van der Waals surface area contributed by atoms with Crippen LogP contribution in [0.15, 0.2) is 30.6 Å². The minimum absolute atomic E-state index is 0.0781. The molecule has 156 valence electrons. The Hall–Kier alpha value is -3.00. The van der Waals surface area contributed by atoms with Crippen LogP contribution in [0, 0.1) is 17.8 Å². The van der Waals surface area contributed by atoms with Crippen molar-refractivity contribution in [3.8, 4) is 0 Å². The summed E-state index contributed by atoms with van der Waals surface area (Å²) in [6.45, 7) is 4.11. The maximum Gasteiger partial charge on any atom is 0.244 e. The summed E-state index contributed by atoms with van der Waals surface area (Å²) in [5.41, 5.74) is 8.66. The molecule has 8 nitrogen and oxygen atoms in total. The molecule has 5 rings (SSSR count). The molecule has 1 amide bonds. The van der Waals surface area contributed by atoms with E-state index >= 15 is 0 Å². The van der Waals surface area contributed by atoms with Crippen LogP contribution in [0.1, 0.15) is 23.2 Å². The number of rotatable bonds is 6. The predicted octanol–water partition coefficient (Wildman–Crippen LogP) is 1.43. The Labute approximate surface area is 175 Å². The van der Waals surface area contributed by atoms with Crippen LogP contribution in [0.2, 0.25) is 0 Å². The highest BCUT2D eigenvalue weighted by Crippen LogP contribution is 2.53. The standard InChI is InChI=1S/C22H26N6O2/c23-20-3-1-14(9-25-20)2-4-21(29)24-7-5-16-17-11-28(12-18(16)17)22-26-10-15-13-30-8-6-19(15)27-22/h1-4,9-10,16-18H,5-8,11-13H2,(H2,23,25)(H,24,29)/b4-2+/t16?,17-,18+. The Bertz CT molecular complexity index is 949. The fourth-order valence-corrected chi connectivity index (χ4v) is 4.62. The van der Waals surface area contributed by atoms with Gasteiger partial charge < -0.3 is 20.7 Å². The quantitative estimate of drug-likeness (QED) is 0.699. The van der Waals surface area contributed by atoms with Gasteiger partial charge >= 0.3 is 0 Å². The van der Waals surface area contributed by atoms with Crippen molar-refractivity contribution in [1.82, 2.24) is 20.3 Å². The van der Waals surface area contributed by atoms with Crippen LogP contribution in [0.25, 0.3) is 6.08 Å². The summed E-state index contributed by atoms with van der Waals surface area (Å²) in [5.74, 6) is 3.33. The summed E-state index contributed by atoms with van der Waals surface area (Å²) in [4.78, 5) is 27.6. The first kappa shape index (κ1) is 19.0. The second-order valence-corrected chi connectivity index (χ2v) is 8.27. The van der Waals surface area contributed by atoms with Crippen molar-refractivity contribution >= 4 is 23.7 Å². The summed E-state index contributed by atoms with van der Waals surface area (Å²) in [6, 6.07) is 3.56. The molecule has 30 heavy (non-hydrogen) atoms. The third-order valence-electron chi connectivity index (χ3n) is 6.35. The summed E-state index contributed by atoms with van der Waals surface area (Å²) in [5, 5.41) is 2.98. The minimum Gasteiger partial charge on any atom is -0.384 e. The number of carbonyl (C=O) groups excluding carboxylic acids is 1. The van der Waals surface area contributed by atoms with E-state index in [0.717, 1.165) is 55.3 Å². The van der Waals surface area contributed by atoms with E-state index in [1.165, 1.54) is 0 Å². The summed E-state index contributed by atoms with van der Waals surface area (Å²) in [6.07, 6.45) is 8.75. The number of piperidine rings is 1. The normalized spacial score (nSPS) is 24.5. The monoisotopic (exact) mass is 406 g/mol. The Morgan fingerprint density at radius 2 is 2.13 bits per heavy atom. The van der Waals surface area contributed by atoms with Crippen molar-refractivity contribution in [2.75, 3.05) is 36.9 Å². The lowest BCUT2D eigenvalue weighted by Crippen LogP contribution is -2.28. The number of nitrogens with two attached hydrogens (primary N) is 1. The minimum atomic E-state index is -0.0781. The molecule has 0 bridgehead atoms. The lowest BCUT2D eigenvalue weighted by atomic mass is 10.1. The molecule has 0 radical (unpaired) electrons. The second kappa shape index (κ2) is 8.02. The number of ether oxygens (including phenoxy) is 1. The maximum absolute atomic E-state index is 12.0. The van der Waals surface area contributed by atoms with Crippen LogP contribution in [-0.4, -0.2) is 47.1 Å². The fraction of sp³-hybridized carbons (Fsp3) is 0.455. The van der Waals surface area contributed by atoms with Gasteiger partial charge in [-0.2, -0.15) is 0 Å². The Morgan fingerprint density at radius 3 is 2.93 bits per heavy atom. The molecular weight excluding hydrogens is 380 g/mol. The maximum atomic E-state index is 12.0. The fourth-order valence-electron chi connectivity index (χ4n) is 4.62. The zero-order valence-corrected chi connectivity index (χ0v) is 16.8. The zero-order valence-electron chi connectivity index (χ0n) is 16.8. The molecule has 2 aromatic heterocycles. The van der Waals surface area contributed by atoms with Gasteiger partial charge in [-0.15, -0.1) is 0 Å². The third-order valence-corrected chi connectivity index (χ3v) is 6.35. The zero-order chi connectivity index (χ0) is 20.5. The Kier molecular flexibility index (Phi) is 5.08. The van der Waals surface area contributed by atoms with Crippen LogP contribution in [-0.2, 0) is 22.6 Å². The molecule has 2 aromatic rings. The van der Waals surface area contributed by atoms with Gasteiger partial charge in [-0.05, 0) is 47.9 Å². The van der Waals surface area contributed by atoms with Gasteiger partial charge in [0.1, 0.15) is 5.82 Å². The smallest absolute Gasteiger partial charge is 0.244 e. The molecule has 2 fully saturated rings. The van der Waals surface area contributed by atoms with E-state index in [4.69, 9.17) is 15.5 Å². The lowest BCUT2D eigenvalue weighted by Gasteiger charge is -2.22. The molecule has 1 saturated carbocycles. The molecule has 1 saturated heterocycles. The molecule has 3 atom stereocenters. The van der Waals surface area contributed by atoms with E-state index in [1.807, 2.05) is 12.3 Å². The van der Waals surface area contributed by atoms with Gasteiger partial charge in [-0.1, -0.05) is 0 Å². The van der Waals surface area contributed by atoms with Crippen molar-refractivity contribution in [2.45, 2.75) is 19.4 Å². The highest BCUT2D eigenvalue weighted by Gasteiger charge is 2.55. The van der Waals surface area contributed by atoms with Crippen molar-refractivity contribution in [1.29, 1.82) is 0 Å². The second-order valence-electron chi connectivity index (χ2n) is 8.27. The van der Waals surface area contributed by atoms with Gasteiger partial charge in [0, 0.05) is 50.1 Å². The molecule has 3 aliphatic rings. The third kappa shape index (κ3) is 4.00. The topological polar surface area (TPSA) is 106 Å². The van der Waals surface area contributed by atoms with E-state index < -0.39 is 0 Å².